The highest BCUT2D eigenvalue weighted by Crippen LogP contribution is 2.05. The fourth-order valence-corrected chi connectivity index (χ4v) is 1.40. The summed E-state index contributed by atoms with van der Waals surface area (Å²) in [6.45, 7) is 4.34. The lowest BCUT2D eigenvalue weighted by molar-refractivity contribution is 0.122. The highest BCUT2D eigenvalue weighted by Gasteiger charge is 2.24. The minimum Gasteiger partial charge on any atom is -0.389 e. The average molecular weight is 173 g/mol. The Kier molecular flexibility index (Phi) is 4.58. The van der Waals surface area contributed by atoms with E-state index in [-0.39, 0.29) is 12.1 Å². The van der Waals surface area contributed by atoms with E-state index in [0.29, 0.717) is 13.2 Å². The fraction of sp³-hybridized carbons (Fsp3) is 1.00. The molecule has 2 atom stereocenters. The van der Waals surface area contributed by atoms with Crippen LogP contribution in [0, 0.1) is 0 Å². The zero-order valence-corrected chi connectivity index (χ0v) is 7.75. The van der Waals surface area contributed by atoms with Gasteiger partial charge in [-0.25, -0.2) is 0 Å². The lowest BCUT2D eigenvalue weighted by Crippen LogP contribution is -2.39. The Morgan fingerprint density at radius 1 is 1.42 bits per heavy atom. The second-order valence-electron chi connectivity index (χ2n) is 3.37. The SMILES string of the molecule is CCCCCNC1COCC1O. The van der Waals surface area contributed by atoms with Gasteiger partial charge >= 0.3 is 0 Å². The predicted molar refractivity (Wildman–Crippen MR) is 48.1 cm³/mol. The molecule has 0 saturated carbocycles. The summed E-state index contributed by atoms with van der Waals surface area (Å²) in [7, 11) is 0. The Balaban J connectivity index is 1.98. The van der Waals surface area contributed by atoms with Crippen LogP contribution in [0.1, 0.15) is 26.2 Å². The third-order valence-electron chi connectivity index (χ3n) is 2.24. The first-order valence-corrected chi connectivity index (χ1v) is 4.83. The zero-order chi connectivity index (χ0) is 8.81. The molecule has 0 aromatic rings. The molecule has 1 saturated heterocycles. The lowest BCUT2D eigenvalue weighted by atomic mass is 10.2. The normalized spacial score (nSPS) is 29.5. The number of hydrogen-bond donors (Lipinski definition) is 2. The molecule has 1 rings (SSSR count). The molecule has 0 amide bonds. The fourth-order valence-electron chi connectivity index (χ4n) is 1.40. The smallest absolute Gasteiger partial charge is 0.0948 e. The molecule has 2 unspecified atom stereocenters. The van der Waals surface area contributed by atoms with Crippen molar-refractivity contribution >= 4 is 0 Å². The van der Waals surface area contributed by atoms with Gasteiger partial charge in [-0.1, -0.05) is 19.8 Å². The summed E-state index contributed by atoms with van der Waals surface area (Å²) in [5.41, 5.74) is 0. The molecule has 2 N–H and O–H groups in total. The van der Waals surface area contributed by atoms with Crippen molar-refractivity contribution < 1.29 is 9.84 Å². The minimum atomic E-state index is -0.299. The molecule has 3 nitrogen and oxygen atoms in total. The third-order valence-corrected chi connectivity index (χ3v) is 2.24. The Morgan fingerprint density at radius 3 is 2.83 bits per heavy atom. The van der Waals surface area contributed by atoms with Gasteiger partial charge in [-0.15, -0.1) is 0 Å². The highest BCUT2D eigenvalue weighted by molar-refractivity contribution is 4.80. The topological polar surface area (TPSA) is 41.5 Å². The van der Waals surface area contributed by atoms with Gasteiger partial charge in [-0.3, -0.25) is 0 Å². The summed E-state index contributed by atoms with van der Waals surface area (Å²) in [5, 5.41) is 12.6. The van der Waals surface area contributed by atoms with Crippen LogP contribution in [0.25, 0.3) is 0 Å². The Hall–Kier alpha value is -0.120. The van der Waals surface area contributed by atoms with Crippen LogP contribution >= 0.6 is 0 Å². The number of aliphatic hydroxyl groups is 1. The van der Waals surface area contributed by atoms with Crippen LogP contribution in [-0.4, -0.2) is 37.0 Å². The summed E-state index contributed by atoms with van der Waals surface area (Å²) in [5.74, 6) is 0. The van der Waals surface area contributed by atoms with Gasteiger partial charge in [0.05, 0.1) is 25.4 Å². The van der Waals surface area contributed by atoms with Crippen molar-refractivity contribution in [1.29, 1.82) is 0 Å². The maximum atomic E-state index is 9.36. The molecule has 72 valence electrons. The highest BCUT2D eigenvalue weighted by atomic mass is 16.5. The van der Waals surface area contributed by atoms with E-state index in [1.807, 2.05) is 0 Å². The second-order valence-corrected chi connectivity index (χ2v) is 3.37. The number of rotatable bonds is 5. The van der Waals surface area contributed by atoms with E-state index in [1.54, 1.807) is 0 Å². The van der Waals surface area contributed by atoms with Crippen LogP contribution in [-0.2, 0) is 4.74 Å². The van der Waals surface area contributed by atoms with Gasteiger partial charge in [0.15, 0.2) is 0 Å². The molecule has 1 aliphatic heterocycles. The molecule has 3 heteroatoms. The molecule has 1 aliphatic rings. The maximum absolute atomic E-state index is 9.36. The van der Waals surface area contributed by atoms with Crippen molar-refractivity contribution in [3.63, 3.8) is 0 Å². The van der Waals surface area contributed by atoms with Crippen LogP contribution in [0.5, 0.6) is 0 Å². The molecular weight excluding hydrogens is 154 g/mol. The standard InChI is InChI=1S/C9H19NO2/c1-2-3-4-5-10-8-6-12-7-9(8)11/h8-11H,2-7H2,1H3. The summed E-state index contributed by atoms with van der Waals surface area (Å²) >= 11 is 0. The van der Waals surface area contributed by atoms with Gasteiger partial charge in [0, 0.05) is 0 Å². The zero-order valence-electron chi connectivity index (χ0n) is 7.75. The molecule has 0 spiro atoms. The molecule has 0 aliphatic carbocycles. The Bertz CT molecular complexity index is 119. The predicted octanol–water partition coefficient (Wildman–Crippen LogP) is 0.526. The van der Waals surface area contributed by atoms with E-state index in [2.05, 4.69) is 12.2 Å². The molecule has 1 fully saturated rings. The molecule has 0 aromatic heterocycles. The monoisotopic (exact) mass is 173 g/mol. The number of hydrogen-bond acceptors (Lipinski definition) is 3. The second kappa shape index (κ2) is 5.51. The molecule has 0 radical (unpaired) electrons. The van der Waals surface area contributed by atoms with E-state index < -0.39 is 0 Å². The molecule has 12 heavy (non-hydrogen) atoms. The van der Waals surface area contributed by atoms with Crippen LogP contribution in [0.15, 0.2) is 0 Å². The first-order chi connectivity index (χ1) is 5.84. The molecule has 0 aromatic carbocycles. The van der Waals surface area contributed by atoms with Crippen LogP contribution in [0.4, 0.5) is 0 Å². The van der Waals surface area contributed by atoms with Gasteiger partial charge in [-0.2, -0.15) is 0 Å². The number of nitrogens with one attached hydrogen (secondary N) is 1. The van der Waals surface area contributed by atoms with Crippen LogP contribution < -0.4 is 5.32 Å². The van der Waals surface area contributed by atoms with Crippen LogP contribution in [0.2, 0.25) is 0 Å². The first kappa shape index (κ1) is 9.96. The van der Waals surface area contributed by atoms with Crippen LogP contribution in [0.3, 0.4) is 0 Å². The summed E-state index contributed by atoms with van der Waals surface area (Å²) in [6, 6.07) is 0.168. The molecule has 0 bridgehead atoms. The summed E-state index contributed by atoms with van der Waals surface area (Å²) < 4.78 is 5.11. The summed E-state index contributed by atoms with van der Waals surface area (Å²) in [4.78, 5) is 0. The maximum Gasteiger partial charge on any atom is 0.0948 e. The number of aliphatic hydroxyl groups excluding tert-OH is 1. The van der Waals surface area contributed by atoms with Crippen molar-refractivity contribution in [2.45, 2.75) is 38.3 Å². The van der Waals surface area contributed by atoms with Gasteiger partial charge < -0.3 is 15.2 Å². The third kappa shape index (κ3) is 3.09. The van der Waals surface area contributed by atoms with Gasteiger partial charge in [0.2, 0.25) is 0 Å². The molecule has 1 heterocycles. The quantitative estimate of drug-likeness (QED) is 0.596. The molecular formula is C9H19NO2. The minimum absolute atomic E-state index is 0.168. The van der Waals surface area contributed by atoms with Crippen molar-refractivity contribution in [3.05, 3.63) is 0 Å². The van der Waals surface area contributed by atoms with E-state index in [9.17, 15) is 5.11 Å². The van der Waals surface area contributed by atoms with Gasteiger partial charge in [0.1, 0.15) is 0 Å². The van der Waals surface area contributed by atoms with Crippen molar-refractivity contribution in [2.75, 3.05) is 19.8 Å². The van der Waals surface area contributed by atoms with Crippen molar-refractivity contribution in [2.24, 2.45) is 0 Å². The van der Waals surface area contributed by atoms with Gasteiger partial charge in [-0.05, 0) is 13.0 Å². The van der Waals surface area contributed by atoms with E-state index in [1.165, 1.54) is 19.3 Å². The number of unbranched alkanes of at least 4 members (excludes halogenated alkanes) is 2. The largest absolute Gasteiger partial charge is 0.389 e. The lowest BCUT2D eigenvalue weighted by Gasteiger charge is -2.13. The average Bonchev–Trinajstić information content (AvgIpc) is 2.46. The van der Waals surface area contributed by atoms with Crippen molar-refractivity contribution in [1.82, 2.24) is 5.32 Å². The summed E-state index contributed by atoms with van der Waals surface area (Å²) in [6.07, 6.45) is 3.40. The van der Waals surface area contributed by atoms with E-state index >= 15 is 0 Å². The first-order valence-electron chi connectivity index (χ1n) is 4.83. The van der Waals surface area contributed by atoms with Crippen molar-refractivity contribution in [3.8, 4) is 0 Å². The van der Waals surface area contributed by atoms with E-state index in [4.69, 9.17) is 4.74 Å². The Morgan fingerprint density at radius 2 is 2.25 bits per heavy atom. The Labute approximate surface area is 74.1 Å². The van der Waals surface area contributed by atoms with E-state index in [0.717, 1.165) is 6.54 Å². The number of ether oxygens (including phenoxy) is 1. The van der Waals surface area contributed by atoms with Gasteiger partial charge in [0.25, 0.3) is 0 Å².